The van der Waals surface area contributed by atoms with E-state index in [4.69, 9.17) is 28.9 Å². The molecule has 0 aliphatic heterocycles. The lowest BCUT2D eigenvalue weighted by Crippen LogP contribution is -2.50. The Morgan fingerprint density at radius 1 is 1.04 bits per heavy atom. The molecule has 0 spiro atoms. The summed E-state index contributed by atoms with van der Waals surface area (Å²) in [5, 5.41) is 3.66. The van der Waals surface area contributed by atoms with Crippen LogP contribution < -0.4 is 11.1 Å². The van der Waals surface area contributed by atoms with Gasteiger partial charge in [-0.2, -0.15) is 0 Å². The quantitative estimate of drug-likeness (QED) is 0.666. The van der Waals surface area contributed by atoms with Crippen LogP contribution in [0.1, 0.15) is 12.5 Å². The summed E-state index contributed by atoms with van der Waals surface area (Å²) < 4.78 is 0. The van der Waals surface area contributed by atoms with Gasteiger partial charge in [0.15, 0.2) is 0 Å². The lowest BCUT2D eigenvalue weighted by molar-refractivity contribution is -0.120. The molecule has 0 fully saturated rings. The molecule has 3 aromatic rings. The van der Waals surface area contributed by atoms with Gasteiger partial charge in [0.2, 0.25) is 5.91 Å². The minimum absolute atomic E-state index is 0.318. The highest BCUT2D eigenvalue weighted by Crippen LogP contribution is 2.24. The maximum Gasteiger partial charge on any atom is 0.244 e. The Labute approximate surface area is 167 Å². The zero-order chi connectivity index (χ0) is 19.4. The van der Waals surface area contributed by atoms with Crippen molar-refractivity contribution in [3.05, 3.63) is 76.8 Å². The van der Waals surface area contributed by atoms with Crippen LogP contribution in [0, 0.1) is 0 Å². The number of benzene rings is 2. The number of halogens is 2. The number of nitrogens with two attached hydrogens (primary N) is 1. The second-order valence-corrected chi connectivity index (χ2v) is 7.40. The molecule has 138 valence electrons. The Kier molecular flexibility index (Phi) is 5.75. The summed E-state index contributed by atoms with van der Waals surface area (Å²) in [6, 6.07) is 12.6. The van der Waals surface area contributed by atoms with Crippen LogP contribution in [0.4, 0.5) is 5.69 Å². The lowest BCUT2D eigenvalue weighted by Gasteiger charge is -2.24. The van der Waals surface area contributed by atoms with Crippen LogP contribution in [0.3, 0.4) is 0 Å². The Morgan fingerprint density at radius 2 is 1.63 bits per heavy atom. The molecule has 27 heavy (non-hydrogen) atoms. The molecule has 3 N–H and O–H groups in total. The number of nitrogens with one attached hydrogen (secondary N) is 1. The van der Waals surface area contributed by atoms with Crippen molar-refractivity contribution in [1.82, 2.24) is 9.97 Å². The summed E-state index contributed by atoms with van der Waals surface area (Å²) in [5.41, 5.74) is 8.54. The van der Waals surface area contributed by atoms with Crippen LogP contribution in [0.5, 0.6) is 0 Å². The standard InChI is InChI=1S/C20H18Cl2N4O/c1-20(23,19(27)26-18-7-16(21)6-17(22)8-18)9-13-2-4-14(5-3-13)15-10-24-12-25-11-15/h2-8,10-12H,9,23H2,1H3,(H,26,27). The second-order valence-electron chi connectivity index (χ2n) is 6.53. The van der Waals surface area contributed by atoms with Gasteiger partial charge in [0, 0.05) is 33.7 Å². The van der Waals surface area contributed by atoms with Crippen LogP contribution in [-0.2, 0) is 11.2 Å². The van der Waals surface area contributed by atoms with Gasteiger partial charge in [-0.05, 0) is 42.7 Å². The van der Waals surface area contributed by atoms with Crippen LogP contribution in [-0.4, -0.2) is 21.4 Å². The normalized spacial score (nSPS) is 13.0. The first kappa shape index (κ1) is 19.3. The largest absolute Gasteiger partial charge is 0.324 e. The van der Waals surface area contributed by atoms with Crippen molar-refractivity contribution >= 4 is 34.8 Å². The molecule has 7 heteroatoms. The number of anilines is 1. The summed E-state index contributed by atoms with van der Waals surface area (Å²) in [6.07, 6.45) is 5.36. The molecular weight excluding hydrogens is 383 g/mol. The topological polar surface area (TPSA) is 80.9 Å². The van der Waals surface area contributed by atoms with Crippen molar-refractivity contribution in [3.8, 4) is 11.1 Å². The van der Waals surface area contributed by atoms with E-state index in [-0.39, 0.29) is 5.91 Å². The molecule has 1 aromatic heterocycles. The van der Waals surface area contributed by atoms with Gasteiger partial charge in [-0.25, -0.2) is 9.97 Å². The maximum absolute atomic E-state index is 12.6. The van der Waals surface area contributed by atoms with E-state index >= 15 is 0 Å². The first-order valence-corrected chi connectivity index (χ1v) is 9.00. The summed E-state index contributed by atoms with van der Waals surface area (Å²) in [7, 11) is 0. The average Bonchev–Trinajstić information content (AvgIpc) is 2.62. The molecular formula is C20H18Cl2N4O. The Hall–Kier alpha value is -2.47. The van der Waals surface area contributed by atoms with E-state index in [0.29, 0.717) is 22.2 Å². The number of carbonyl (C=O) groups is 1. The van der Waals surface area contributed by atoms with E-state index in [0.717, 1.165) is 16.7 Å². The molecule has 3 rings (SSSR count). The SMILES string of the molecule is CC(N)(Cc1ccc(-c2cncnc2)cc1)C(=O)Nc1cc(Cl)cc(Cl)c1. The van der Waals surface area contributed by atoms with Crippen LogP contribution in [0.2, 0.25) is 10.0 Å². The molecule has 1 heterocycles. The highest BCUT2D eigenvalue weighted by atomic mass is 35.5. The summed E-state index contributed by atoms with van der Waals surface area (Å²) >= 11 is 11.9. The molecule has 5 nitrogen and oxygen atoms in total. The van der Waals surface area contributed by atoms with E-state index in [1.807, 2.05) is 24.3 Å². The van der Waals surface area contributed by atoms with E-state index in [1.54, 1.807) is 37.5 Å². The van der Waals surface area contributed by atoms with Crippen molar-refractivity contribution in [2.45, 2.75) is 18.9 Å². The first-order chi connectivity index (χ1) is 12.8. The van der Waals surface area contributed by atoms with Gasteiger partial charge in [0.1, 0.15) is 6.33 Å². The number of amides is 1. The highest BCUT2D eigenvalue weighted by Gasteiger charge is 2.29. The monoisotopic (exact) mass is 400 g/mol. The van der Waals surface area contributed by atoms with E-state index in [2.05, 4.69) is 15.3 Å². The number of carbonyl (C=O) groups excluding carboxylic acids is 1. The molecule has 2 aromatic carbocycles. The third kappa shape index (κ3) is 5.04. The van der Waals surface area contributed by atoms with Crippen molar-refractivity contribution in [2.24, 2.45) is 5.73 Å². The summed E-state index contributed by atoms with van der Waals surface area (Å²) in [6.45, 7) is 1.69. The number of hydrogen-bond acceptors (Lipinski definition) is 4. The van der Waals surface area contributed by atoms with Crippen molar-refractivity contribution in [3.63, 3.8) is 0 Å². The fourth-order valence-electron chi connectivity index (χ4n) is 2.67. The smallest absolute Gasteiger partial charge is 0.244 e. The molecule has 1 unspecified atom stereocenters. The van der Waals surface area contributed by atoms with Crippen molar-refractivity contribution < 1.29 is 4.79 Å². The van der Waals surface area contributed by atoms with Gasteiger partial charge in [0.25, 0.3) is 0 Å². The first-order valence-electron chi connectivity index (χ1n) is 8.24. The number of nitrogens with zero attached hydrogens (tertiary/aromatic N) is 2. The van der Waals surface area contributed by atoms with Gasteiger partial charge in [-0.1, -0.05) is 47.5 Å². The van der Waals surface area contributed by atoms with Gasteiger partial charge in [-0.3, -0.25) is 4.79 Å². The Balaban J connectivity index is 1.70. The van der Waals surface area contributed by atoms with Crippen molar-refractivity contribution in [1.29, 1.82) is 0 Å². The average molecular weight is 401 g/mol. The molecule has 1 atom stereocenters. The number of rotatable bonds is 5. The molecule has 0 bridgehead atoms. The lowest BCUT2D eigenvalue weighted by atomic mass is 9.92. The molecule has 0 aliphatic rings. The number of aromatic nitrogens is 2. The van der Waals surface area contributed by atoms with Crippen LogP contribution >= 0.6 is 23.2 Å². The highest BCUT2D eigenvalue weighted by molar-refractivity contribution is 6.35. The Bertz CT molecular complexity index is 924. The summed E-state index contributed by atoms with van der Waals surface area (Å²) in [4.78, 5) is 20.6. The predicted octanol–water partition coefficient (Wildman–Crippen LogP) is 4.35. The molecule has 0 aliphatic carbocycles. The van der Waals surface area contributed by atoms with Crippen LogP contribution in [0.25, 0.3) is 11.1 Å². The Morgan fingerprint density at radius 3 is 2.22 bits per heavy atom. The molecule has 0 saturated carbocycles. The zero-order valence-corrected chi connectivity index (χ0v) is 16.1. The zero-order valence-electron chi connectivity index (χ0n) is 14.6. The fraction of sp³-hybridized carbons (Fsp3) is 0.150. The van der Waals surface area contributed by atoms with E-state index in [1.165, 1.54) is 6.33 Å². The van der Waals surface area contributed by atoms with Crippen molar-refractivity contribution in [2.75, 3.05) is 5.32 Å². The second kappa shape index (κ2) is 8.05. The van der Waals surface area contributed by atoms with Gasteiger partial charge in [-0.15, -0.1) is 0 Å². The third-order valence-corrected chi connectivity index (χ3v) is 4.49. The third-order valence-electron chi connectivity index (χ3n) is 4.06. The minimum atomic E-state index is -1.10. The van der Waals surface area contributed by atoms with E-state index < -0.39 is 5.54 Å². The fourth-order valence-corrected chi connectivity index (χ4v) is 3.19. The molecule has 1 amide bonds. The molecule has 0 radical (unpaired) electrons. The van der Waals surface area contributed by atoms with Crippen LogP contribution in [0.15, 0.2) is 61.2 Å². The maximum atomic E-state index is 12.6. The molecule has 0 saturated heterocycles. The summed E-state index contributed by atoms with van der Waals surface area (Å²) in [5.74, 6) is -0.318. The minimum Gasteiger partial charge on any atom is -0.324 e. The van der Waals surface area contributed by atoms with Gasteiger partial charge in [0.05, 0.1) is 5.54 Å². The van der Waals surface area contributed by atoms with Gasteiger partial charge < -0.3 is 11.1 Å². The van der Waals surface area contributed by atoms with Gasteiger partial charge >= 0.3 is 0 Å². The van der Waals surface area contributed by atoms with E-state index in [9.17, 15) is 4.79 Å². The number of hydrogen-bond donors (Lipinski definition) is 2. The predicted molar refractivity (Wildman–Crippen MR) is 109 cm³/mol.